The number of methoxy groups -OCH3 is 1. The van der Waals surface area contributed by atoms with Crippen molar-refractivity contribution in [2.24, 2.45) is 0 Å². The minimum Gasteiger partial charge on any atom is -0.465 e. The fraction of sp³-hybridized carbons (Fsp3) is 0.0769. The first-order valence-corrected chi connectivity index (χ1v) is 5.43. The summed E-state index contributed by atoms with van der Waals surface area (Å²) in [6, 6.07) is 7.33. The number of H-pyrrole nitrogens is 2. The Balaban J connectivity index is 2.55. The highest BCUT2D eigenvalue weighted by atomic mass is 16.5. The number of hydrogen-bond acceptors (Lipinski definition) is 3. The summed E-state index contributed by atoms with van der Waals surface area (Å²) in [6.07, 6.45) is 1.50. The van der Waals surface area contributed by atoms with Gasteiger partial charge in [-0.1, -0.05) is 18.2 Å². The smallest absolute Gasteiger partial charge is 0.340 e. The summed E-state index contributed by atoms with van der Waals surface area (Å²) in [5, 5.41) is 1.41. The Kier molecular flexibility index (Phi) is 2.19. The van der Waals surface area contributed by atoms with E-state index in [2.05, 4.69) is 9.97 Å². The molecular weight excluding hydrogens is 232 g/mol. The van der Waals surface area contributed by atoms with Gasteiger partial charge >= 0.3 is 5.97 Å². The Hall–Kier alpha value is -2.56. The lowest BCUT2D eigenvalue weighted by Crippen LogP contribution is -2.07. The first-order chi connectivity index (χ1) is 8.72. The molecule has 0 bridgehead atoms. The number of esters is 1. The molecule has 3 aromatic rings. The van der Waals surface area contributed by atoms with Gasteiger partial charge in [0.25, 0.3) is 5.56 Å². The number of ether oxygens (including phenoxy) is 1. The standard InChI is InChI=1S/C13H10N2O3/c1-18-13(17)8-6-14-11-10(8)7-4-2-3-5-9(7)15-12(11)16/h2-6,14H,1H3,(H,15,16). The molecule has 0 atom stereocenters. The summed E-state index contributed by atoms with van der Waals surface area (Å²) in [5.41, 5.74) is 1.20. The zero-order chi connectivity index (χ0) is 12.7. The molecule has 0 aliphatic heterocycles. The molecule has 2 aromatic heterocycles. The highest BCUT2D eigenvalue weighted by Crippen LogP contribution is 2.24. The summed E-state index contributed by atoms with van der Waals surface area (Å²) < 4.78 is 4.72. The fourth-order valence-electron chi connectivity index (χ4n) is 2.15. The largest absolute Gasteiger partial charge is 0.465 e. The lowest BCUT2D eigenvalue weighted by atomic mass is 10.1. The van der Waals surface area contributed by atoms with Gasteiger partial charge in [-0.25, -0.2) is 4.79 Å². The van der Waals surface area contributed by atoms with Crippen molar-refractivity contribution in [1.29, 1.82) is 0 Å². The van der Waals surface area contributed by atoms with Gasteiger partial charge in [0.15, 0.2) is 0 Å². The molecule has 1 aromatic carbocycles. The number of para-hydroxylation sites is 1. The Bertz CT molecular complexity index is 814. The van der Waals surface area contributed by atoms with Crippen LogP contribution in [-0.4, -0.2) is 23.0 Å². The first-order valence-electron chi connectivity index (χ1n) is 5.43. The van der Waals surface area contributed by atoms with E-state index in [9.17, 15) is 9.59 Å². The second kappa shape index (κ2) is 3.73. The first kappa shape index (κ1) is 10.6. The highest BCUT2D eigenvalue weighted by Gasteiger charge is 2.16. The molecule has 18 heavy (non-hydrogen) atoms. The molecule has 90 valence electrons. The van der Waals surface area contributed by atoms with Crippen molar-refractivity contribution in [2.75, 3.05) is 7.11 Å². The van der Waals surface area contributed by atoms with Crippen LogP contribution < -0.4 is 5.56 Å². The topological polar surface area (TPSA) is 75.0 Å². The zero-order valence-corrected chi connectivity index (χ0v) is 9.61. The number of carbonyl (C=O) groups excluding carboxylic acids is 1. The molecule has 5 heteroatoms. The number of fused-ring (bicyclic) bond motifs is 3. The van der Waals surface area contributed by atoms with Crippen molar-refractivity contribution >= 4 is 27.8 Å². The van der Waals surface area contributed by atoms with E-state index in [1.807, 2.05) is 18.2 Å². The third-order valence-electron chi connectivity index (χ3n) is 2.96. The van der Waals surface area contributed by atoms with Crippen LogP contribution >= 0.6 is 0 Å². The molecule has 0 fully saturated rings. The number of benzene rings is 1. The van der Waals surface area contributed by atoms with Crippen molar-refractivity contribution < 1.29 is 9.53 Å². The third kappa shape index (κ3) is 1.34. The van der Waals surface area contributed by atoms with Crippen LogP contribution in [0.3, 0.4) is 0 Å². The van der Waals surface area contributed by atoms with Crippen LogP contribution in [0.15, 0.2) is 35.3 Å². The summed E-state index contributed by atoms with van der Waals surface area (Å²) in [4.78, 5) is 29.2. The lowest BCUT2D eigenvalue weighted by molar-refractivity contribution is 0.0603. The van der Waals surface area contributed by atoms with E-state index in [1.54, 1.807) is 6.07 Å². The molecule has 2 N–H and O–H groups in total. The van der Waals surface area contributed by atoms with Crippen LogP contribution in [0.5, 0.6) is 0 Å². The SMILES string of the molecule is COC(=O)c1c[nH]c2c(=O)[nH]c3ccccc3c12. The molecule has 0 aliphatic rings. The van der Waals surface area contributed by atoms with Gasteiger partial charge in [-0.15, -0.1) is 0 Å². The van der Waals surface area contributed by atoms with Crippen LogP contribution in [0, 0.1) is 0 Å². The molecule has 0 saturated heterocycles. The predicted molar refractivity (Wildman–Crippen MR) is 67.8 cm³/mol. The highest BCUT2D eigenvalue weighted by molar-refractivity contribution is 6.14. The molecule has 0 saturated carbocycles. The lowest BCUT2D eigenvalue weighted by Gasteiger charge is -2.01. The number of pyridine rings is 1. The van der Waals surface area contributed by atoms with Crippen molar-refractivity contribution in [1.82, 2.24) is 9.97 Å². The summed E-state index contributed by atoms with van der Waals surface area (Å²) in [6.45, 7) is 0. The second-order valence-electron chi connectivity index (χ2n) is 3.94. The quantitative estimate of drug-likeness (QED) is 0.639. The van der Waals surface area contributed by atoms with Crippen molar-refractivity contribution in [2.45, 2.75) is 0 Å². The van der Waals surface area contributed by atoms with E-state index in [-0.39, 0.29) is 5.56 Å². The average Bonchev–Trinajstić information content (AvgIpc) is 2.83. The van der Waals surface area contributed by atoms with E-state index >= 15 is 0 Å². The van der Waals surface area contributed by atoms with Gasteiger partial charge in [0.2, 0.25) is 0 Å². The molecule has 0 unspecified atom stereocenters. The van der Waals surface area contributed by atoms with E-state index in [4.69, 9.17) is 4.74 Å². The molecule has 5 nitrogen and oxygen atoms in total. The van der Waals surface area contributed by atoms with E-state index < -0.39 is 5.97 Å². The average molecular weight is 242 g/mol. The Morgan fingerprint density at radius 3 is 2.83 bits per heavy atom. The maximum atomic E-state index is 11.9. The van der Waals surface area contributed by atoms with Gasteiger partial charge in [0.05, 0.1) is 12.7 Å². The maximum absolute atomic E-state index is 11.9. The van der Waals surface area contributed by atoms with Crippen LogP contribution in [0.4, 0.5) is 0 Å². The molecule has 0 radical (unpaired) electrons. The van der Waals surface area contributed by atoms with E-state index in [0.29, 0.717) is 22.0 Å². The van der Waals surface area contributed by atoms with E-state index in [1.165, 1.54) is 13.3 Å². The second-order valence-corrected chi connectivity index (χ2v) is 3.94. The molecule has 0 amide bonds. The fourth-order valence-corrected chi connectivity index (χ4v) is 2.15. The number of nitrogens with one attached hydrogen (secondary N) is 2. The maximum Gasteiger partial charge on any atom is 0.340 e. The summed E-state index contributed by atoms with van der Waals surface area (Å²) in [7, 11) is 1.32. The predicted octanol–water partition coefficient (Wildman–Crippen LogP) is 1.80. The van der Waals surface area contributed by atoms with Gasteiger partial charge in [-0.2, -0.15) is 0 Å². The third-order valence-corrected chi connectivity index (χ3v) is 2.96. The monoisotopic (exact) mass is 242 g/mol. The normalized spacial score (nSPS) is 10.9. The molecule has 3 rings (SSSR count). The van der Waals surface area contributed by atoms with Crippen molar-refractivity contribution in [3.63, 3.8) is 0 Å². The van der Waals surface area contributed by atoms with Crippen LogP contribution in [0.1, 0.15) is 10.4 Å². The molecular formula is C13H10N2O3. The van der Waals surface area contributed by atoms with E-state index in [0.717, 1.165) is 5.39 Å². The van der Waals surface area contributed by atoms with Crippen LogP contribution in [0.25, 0.3) is 21.8 Å². The Labute approximate surface area is 101 Å². The zero-order valence-electron chi connectivity index (χ0n) is 9.61. The van der Waals surface area contributed by atoms with Crippen LogP contribution in [0.2, 0.25) is 0 Å². The van der Waals surface area contributed by atoms with Gasteiger partial charge < -0.3 is 14.7 Å². The molecule has 0 spiro atoms. The van der Waals surface area contributed by atoms with Gasteiger partial charge in [0, 0.05) is 22.5 Å². The Morgan fingerprint density at radius 1 is 1.28 bits per heavy atom. The number of rotatable bonds is 1. The minimum atomic E-state index is -0.461. The van der Waals surface area contributed by atoms with Crippen molar-refractivity contribution in [3.05, 3.63) is 46.4 Å². The number of aromatic nitrogens is 2. The van der Waals surface area contributed by atoms with Gasteiger partial charge in [0.1, 0.15) is 5.52 Å². The summed E-state index contributed by atoms with van der Waals surface area (Å²) in [5.74, 6) is -0.461. The number of hydrogen-bond donors (Lipinski definition) is 2. The van der Waals surface area contributed by atoms with Crippen LogP contribution in [-0.2, 0) is 4.74 Å². The number of aromatic amines is 2. The van der Waals surface area contributed by atoms with Gasteiger partial charge in [-0.05, 0) is 6.07 Å². The Morgan fingerprint density at radius 2 is 2.06 bits per heavy atom. The minimum absolute atomic E-state index is 0.251. The number of carbonyl (C=O) groups is 1. The van der Waals surface area contributed by atoms with Crippen molar-refractivity contribution in [3.8, 4) is 0 Å². The molecule has 2 heterocycles. The summed E-state index contributed by atoms with van der Waals surface area (Å²) >= 11 is 0. The molecule has 0 aliphatic carbocycles. The van der Waals surface area contributed by atoms with Gasteiger partial charge in [-0.3, -0.25) is 4.79 Å².